The van der Waals surface area contributed by atoms with Crippen molar-refractivity contribution in [3.63, 3.8) is 0 Å². The second-order valence-electron chi connectivity index (χ2n) is 8.45. The molecule has 2 aliphatic heterocycles. The van der Waals surface area contributed by atoms with Gasteiger partial charge in [-0.3, -0.25) is 14.4 Å². The lowest BCUT2D eigenvalue weighted by atomic mass is 9.94. The summed E-state index contributed by atoms with van der Waals surface area (Å²) in [5, 5.41) is 0. The van der Waals surface area contributed by atoms with Crippen molar-refractivity contribution in [2.24, 2.45) is 11.8 Å². The molecule has 2 heterocycles. The smallest absolute Gasteiger partial charge is 0.225 e. The molecule has 29 heavy (non-hydrogen) atoms. The number of hydrogen-bond donors (Lipinski definition) is 0. The number of hydrogen-bond acceptors (Lipinski definition) is 3. The fourth-order valence-corrected chi connectivity index (χ4v) is 4.20. The second kappa shape index (κ2) is 9.90. The van der Waals surface area contributed by atoms with Crippen molar-refractivity contribution in [2.45, 2.75) is 39.5 Å². The van der Waals surface area contributed by atoms with Crippen LogP contribution in [0.1, 0.15) is 38.7 Å². The Morgan fingerprint density at radius 3 is 2.03 bits per heavy atom. The van der Waals surface area contributed by atoms with Gasteiger partial charge in [-0.05, 0) is 24.8 Å². The van der Waals surface area contributed by atoms with Crippen LogP contribution in [0.3, 0.4) is 0 Å². The van der Waals surface area contributed by atoms with E-state index in [9.17, 15) is 14.4 Å². The number of nitrogens with zero attached hydrogens (tertiary/aromatic N) is 3. The summed E-state index contributed by atoms with van der Waals surface area (Å²) in [6.07, 6.45) is 2.76. The molecule has 2 saturated heterocycles. The number of carbonyl (C=O) groups is 3. The van der Waals surface area contributed by atoms with E-state index in [1.54, 1.807) is 0 Å². The van der Waals surface area contributed by atoms with Crippen molar-refractivity contribution in [1.29, 1.82) is 0 Å². The van der Waals surface area contributed by atoms with Crippen molar-refractivity contribution in [3.8, 4) is 0 Å². The molecule has 0 bridgehead atoms. The van der Waals surface area contributed by atoms with Gasteiger partial charge in [0.2, 0.25) is 17.7 Å². The Morgan fingerprint density at radius 2 is 1.45 bits per heavy atom. The largest absolute Gasteiger partial charge is 0.343 e. The fraction of sp³-hybridized carbons (Fsp3) is 0.609. The lowest BCUT2D eigenvalue weighted by molar-refractivity contribution is -0.145. The number of piperidine rings is 1. The third-order valence-corrected chi connectivity index (χ3v) is 6.06. The summed E-state index contributed by atoms with van der Waals surface area (Å²) in [5.41, 5.74) is 1.18. The van der Waals surface area contributed by atoms with Crippen molar-refractivity contribution in [3.05, 3.63) is 35.9 Å². The number of likely N-dealkylation sites (tertiary alicyclic amines) is 1. The molecule has 2 aliphatic rings. The molecule has 0 aliphatic carbocycles. The minimum absolute atomic E-state index is 0.000485. The van der Waals surface area contributed by atoms with E-state index in [1.807, 2.05) is 58.9 Å². The summed E-state index contributed by atoms with van der Waals surface area (Å²) in [5.74, 6) is 0.541. The van der Waals surface area contributed by atoms with Crippen LogP contribution in [0.5, 0.6) is 0 Å². The number of piperazine rings is 1. The molecule has 0 atom stereocenters. The van der Waals surface area contributed by atoms with Crippen LogP contribution >= 0.6 is 0 Å². The van der Waals surface area contributed by atoms with Crippen LogP contribution in [-0.2, 0) is 20.8 Å². The Labute approximate surface area is 173 Å². The number of carbonyl (C=O) groups excluding carboxylic acids is 3. The maximum atomic E-state index is 12.9. The van der Waals surface area contributed by atoms with Gasteiger partial charge in [-0.2, -0.15) is 0 Å². The lowest BCUT2D eigenvalue weighted by Crippen LogP contribution is -2.53. The molecule has 158 valence electrons. The molecule has 1 aromatic rings. The van der Waals surface area contributed by atoms with Crippen LogP contribution < -0.4 is 0 Å². The predicted molar refractivity (Wildman–Crippen MR) is 112 cm³/mol. The summed E-state index contributed by atoms with van der Waals surface area (Å²) < 4.78 is 0. The zero-order chi connectivity index (χ0) is 20.8. The first-order chi connectivity index (χ1) is 14.0. The molecule has 0 unspecified atom stereocenters. The van der Waals surface area contributed by atoms with E-state index in [0.29, 0.717) is 45.7 Å². The van der Waals surface area contributed by atoms with Gasteiger partial charge in [-0.25, -0.2) is 0 Å². The Morgan fingerprint density at radius 1 is 0.862 bits per heavy atom. The van der Waals surface area contributed by atoms with Gasteiger partial charge in [0, 0.05) is 57.5 Å². The molecule has 2 fully saturated rings. The summed E-state index contributed by atoms with van der Waals surface area (Å²) in [4.78, 5) is 43.1. The highest BCUT2D eigenvalue weighted by atomic mass is 16.2. The van der Waals surface area contributed by atoms with E-state index >= 15 is 0 Å². The van der Waals surface area contributed by atoms with E-state index in [2.05, 4.69) is 0 Å². The third kappa shape index (κ3) is 5.58. The average molecular weight is 400 g/mol. The molecule has 0 saturated carbocycles. The molecule has 0 N–H and O–H groups in total. The highest BCUT2D eigenvalue weighted by Crippen LogP contribution is 2.22. The molecule has 0 radical (unpaired) electrons. The van der Waals surface area contributed by atoms with Crippen LogP contribution in [0.25, 0.3) is 0 Å². The van der Waals surface area contributed by atoms with Crippen molar-refractivity contribution in [1.82, 2.24) is 14.7 Å². The number of amides is 3. The van der Waals surface area contributed by atoms with Crippen molar-refractivity contribution < 1.29 is 14.4 Å². The maximum absolute atomic E-state index is 12.9. The van der Waals surface area contributed by atoms with E-state index in [-0.39, 0.29) is 29.6 Å². The quantitative estimate of drug-likeness (QED) is 0.763. The standard InChI is InChI=1S/C23H33N3O3/c1-18(2)22(28)25-14-16-26(17-15-25)23(29)20-10-12-24(13-11-20)21(27)9-8-19-6-4-3-5-7-19/h3-7,18,20H,8-17H2,1-2H3. The number of benzene rings is 1. The molecule has 3 rings (SSSR count). The highest BCUT2D eigenvalue weighted by molar-refractivity contribution is 5.81. The average Bonchev–Trinajstić information content (AvgIpc) is 2.77. The van der Waals surface area contributed by atoms with Crippen LogP contribution in [0.4, 0.5) is 0 Å². The van der Waals surface area contributed by atoms with E-state index < -0.39 is 0 Å². The molecule has 0 spiro atoms. The van der Waals surface area contributed by atoms with Gasteiger partial charge >= 0.3 is 0 Å². The van der Waals surface area contributed by atoms with Crippen LogP contribution in [0.2, 0.25) is 0 Å². The Hall–Kier alpha value is -2.37. The number of aryl methyl sites for hydroxylation is 1. The van der Waals surface area contributed by atoms with Gasteiger partial charge < -0.3 is 14.7 Å². The van der Waals surface area contributed by atoms with E-state index in [4.69, 9.17) is 0 Å². The molecule has 0 aromatic heterocycles. The lowest BCUT2D eigenvalue weighted by Gasteiger charge is -2.39. The van der Waals surface area contributed by atoms with Gasteiger partial charge in [-0.1, -0.05) is 44.2 Å². The molecular formula is C23H33N3O3. The molecular weight excluding hydrogens is 366 g/mol. The zero-order valence-electron chi connectivity index (χ0n) is 17.7. The normalized spacial score (nSPS) is 18.2. The fourth-order valence-electron chi connectivity index (χ4n) is 4.20. The van der Waals surface area contributed by atoms with Gasteiger partial charge in [0.15, 0.2) is 0 Å². The third-order valence-electron chi connectivity index (χ3n) is 6.06. The zero-order valence-corrected chi connectivity index (χ0v) is 17.7. The second-order valence-corrected chi connectivity index (χ2v) is 8.45. The predicted octanol–water partition coefficient (Wildman–Crippen LogP) is 2.18. The molecule has 1 aromatic carbocycles. The molecule has 6 heteroatoms. The van der Waals surface area contributed by atoms with Gasteiger partial charge in [0.1, 0.15) is 0 Å². The first-order valence-electron chi connectivity index (χ1n) is 10.8. The first kappa shape index (κ1) is 21.3. The SMILES string of the molecule is CC(C)C(=O)N1CCN(C(=O)C2CCN(C(=O)CCc3ccccc3)CC2)CC1. The van der Waals surface area contributed by atoms with Gasteiger partial charge in [0.05, 0.1) is 0 Å². The highest BCUT2D eigenvalue weighted by Gasteiger charge is 2.32. The number of rotatable bonds is 5. The van der Waals surface area contributed by atoms with Crippen molar-refractivity contribution in [2.75, 3.05) is 39.3 Å². The van der Waals surface area contributed by atoms with Crippen LogP contribution in [0, 0.1) is 11.8 Å². The summed E-state index contributed by atoms with van der Waals surface area (Å²) >= 11 is 0. The van der Waals surface area contributed by atoms with E-state index in [0.717, 1.165) is 19.3 Å². The first-order valence-corrected chi connectivity index (χ1v) is 10.8. The Bertz CT molecular complexity index is 703. The Kier molecular flexibility index (Phi) is 7.29. The summed E-state index contributed by atoms with van der Waals surface area (Å²) in [6.45, 7) is 7.63. The van der Waals surface area contributed by atoms with Gasteiger partial charge in [0.25, 0.3) is 0 Å². The monoisotopic (exact) mass is 399 g/mol. The molecule has 6 nitrogen and oxygen atoms in total. The van der Waals surface area contributed by atoms with Crippen molar-refractivity contribution >= 4 is 17.7 Å². The Balaban J connectivity index is 1.40. The summed E-state index contributed by atoms with van der Waals surface area (Å²) in [7, 11) is 0. The molecule has 3 amide bonds. The van der Waals surface area contributed by atoms with Gasteiger partial charge in [-0.15, -0.1) is 0 Å². The minimum Gasteiger partial charge on any atom is -0.343 e. The van der Waals surface area contributed by atoms with Crippen LogP contribution in [0.15, 0.2) is 30.3 Å². The van der Waals surface area contributed by atoms with E-state index in [1.165, 1.54) is 5.56 Å². The topological polar surface area (TPSA) is 60.9 Å². The minimum atomic E-state index is 0.000485. The summed E-state index contributed by atoms with van der Waals surface area (Å²) in [6, 6.07) is 10.1. The maximum Gasteiger partial charge on any atom is 0.225 e. The van der Waals surface area contributed by atoms with Crippen LogP contribution in [-0.4, -0.2) is 71.7 Å².